The molecule has 0 amide bonds. The fourth-order valence-electron chi connectivity index (χ4n) is 1.23. The van der Waals surface area contributed by atoms with Crippen molar-refractivity contribution in [1.82, 2.24) is 0 Å². The highest BCUT2D eigenvalue weighted by Crippen LogP contribution is 2.22. The van der Waals surface area contributed by atoms with Gasteiger partial charge in [-0.3, -0.25) is 0 Å². The quantitative estimate of drug-likeness (QED) is 0.684. The van der Waals surface area contributed by atoms with Crippen LogP contribution in [0.3, 0.4) is 0 Å². The van der Waals surface area contributed by atoms with Gasteiger partial charge in [0, 0.05) is 6.04 Å². The lowest BCUT2D eigenvalue weighted by atomic mass is 10.1. The number of nitrogen functional groups attached to an aromatic ring is 1. The third-order valence-corrected chi connectivity index (χ3v) is 2.68. The zero-order chi connectivity index (χ0) is 12.3. The van der Waals surface area contributed by atoms with Gasteiger partial charge in [-0.1, -0.05) is 13.8 Å². The third-order valence-electron chi connectivity index (χ3n) is 2.68. The largest absolute Gasteiger partial charge is 0.478 e. The van der Waals surface area contributed by atoms with Gasteiger partial charge in [-0.2, -0.15) is 0 Å². The molecular formula is C12H18N2O2. The number of carboxylic acid groups (broad SMARTS) is 1. The maximum Gasteiger partial charge on any atom is 0.335 e. The summed E-state index contributed by atoms with van der Waals surface area (Å²) in [5.74, 6) is -0.492. The molecule has 88 valence electrons. The highest BCUT2D eigenvalue weighted by Gasteiger charge is 2.11. The van der Waals surface area contributed by atoms with Gasteiger partial charge in [0.05, 0.1) is 16.9 Å². The highest BCUT2D eigenvalue weighted by molar-refractivity contribution is 5.90. The molecule has 1 atom stereocenters. The number of aromatic carboxylic acids is 1. The lowest BCUT2D eigenvalue weighted by Gasteiger charge is -2.20. The Morgan fingerprint density at radius 2 is 2.00 bits per heavy atom. The number of nitrogens with two attached hydrogens (primary N) is 1. The number of carboxylic acids is 1. The van der Waals surface area contributed by atoms with E-state index < -0.39 is 5.97 Å². The number of hydrogen-bond acceptors (Lipinski definition) is 3. The van der Waals surface area contributed by atoms with Crippen molar-refractivity contribution in [2.24, 2.45) is 5.92 Å². The first-order valence-electron chi connectivity index (χ1n) is 5.31. The van der Waals surface area contributed by atoms with Gasteiger partial charge in [0.25, 0.3) is 0 Å². The van der Waals surface area contributed by atoms with E-state index in [0.29, 0.717) is 17.3 Å². The number of anilines is 2. The van der Waals surface area contributed by atoms with E-state index in [4.69, 9.17) is 10.8 Å². The average molecular weight is 222 g/mol. The topological polar surface area (TPSA) is 75.3 Å². The summed E-state index contributed by atoms with van der Waals surface area (Å²) in [5, 5.41) is 12.1. The van der Waals surface area contributed by atoms with Crippen molar-refractivity contribution in [2.75, 3.05) is 11.1 Å². The molecule has 4 heteroatoms. The van der Waals surface area contributed by atoms with Crippen LogP contribution in [0.15, 0.2) is 18.2 Å². The molecule has 1 aromatic carbocycles. The predicted octanol–water partition coefficient (Wildman–Crippen LogP) is 2.42. The summed E-state index contributed by atoms with van der Waals surface area (Å²) in [7, 11) is 0. The fourth-order valence-corrected chi connectivity index (χ4v) is 1.23. The lowest BCUT2D eigenvalue weighted by molar-refractivity contribution is 0.0697. The second-order valence-corrected chi connectivity index (χ2v) is 4.28. The monoisotopic (exact) mass is 222 g/mol. The van der Waals surface area contributed by atoms with Crippen molar-refractivity contribution in [3.63, 3.8) is 0 Å². The molecule has 0 saturated heterocycles. The van der Waals surface area contributed by atoms with Crippen LogP contribution < -0.4 is 11.1 Å². The first-order valence-corrected chi connectivity index (χ1v) is 5.31. The van der Waals surface area contributed by atoms with E-state index in [2.05, 4.69) is 19.2 Å². The minimum atomic E-state index is -0.944. The van der Waals surface area contributed by atoms with Crippen LogP contribution in [-0.4, -0.2) is 17.1 Å². The maximum absolute atomic E-state index is 10.8. The number of rotatable bonds is 4. The Labute approximate surface area is 95.5 Å². The van der Waals surface area contributed by atoms with E-state index in [-0.39, 0.29) is 11.6 Å². The molecule has 0 heterocycles. The fraction of sp³-hybridized carbons (Fsp3) is 0.417. The van der Waals surface area contributed by atoms with Gasteiger partial charge in [-0.05, 0) is 31.0 Å². The molecule has 0 spiro atoms. The van der Waals surface area contributed by atoms with E-state index in [9.17, 15) is 4.79 Å². The van der Waals surface area contributed by atoms with Crippen molar-refractivity contribution in [3.05, 3.63) is 23.8 Å². The van der Waals surface area contributed by atoms with E-state index in [0.717, 1.165) is 0 Å². The molecule has 0 radical (unpaired) electrons. The number of nitrogens with one attached hydrogen (secondary N) is 1. The molecule has 1 rings (SSSR count). The van der Waals surface area contributed by atoms with E-state index >= 15 is 0 Å². The van der Waals surface area contributed by atoms with Gasteiger partial charge < -0.3 is 16.2 Å². The summed E-state index contributed by atoms with van der Waals surface area (Å²) in [5.41, 5.74) is 7.27. The third kappa shape index (κ3) is 2.89. The Bertz CT molecular complexity index is 389. The molecular weight excluding hydrogens is 204 g/mol. The van der Waals surface area contributed by atoms with Crippen LogP contribution in [0, 0.1) is 5.92 Å². The van der Waals surface area contributed by atoms with Gasteiger partial charge in [0.1, 0.15) is 0 Å². The summed E-state index contributed by atoms with van der Waals surface area (Å²) >= 11 is 0. The molecule has 0 aromatic heterocycles. The van der Waals surface area contributed by atoms with Crippen LogP contribution in [0.25, 0.3) is 0 Å². The van der Waals surface area contributed by atoms with Gasteiger partial charge in [0.2, 0.25) is 0 Å². The Hall–Kier alpha value is -1.71. The van der Waals surface area contributed by atoms with Crippen LogP contribution in [0.5, 0.6) is 0 Å². The number of benzene rings is 1. The molecule has 0 fully saturated rings. The van der Waals surface area contributed by atoms with Crippen LogP contribution >= 0.6 is 0 Å². The Balaban J connectivity index is 2.94. The van der Waals surface area contributed by atoms with Crippen molar-refractivity contribution in [2.45, 2.75) is 26.8 Å². The van der Waals surface area contributed by atoms with Crippen molar-refractivity contribution >= 4 is 17.3 Å². The van der Waals surface area contributed by atoms with E-state index in [1.54, 1.807) is 12.1 Å². The molecule has 0 aliphatic rings. The predicted molar refractivity (Wildman–Crippen MR) is 65.7 cm³/mol. The Morgan fingerprint density at radius 1 is 1.38 bits per heavy atom. The minimum absolute atomic E-state index is 0.242. The van der Waals surface area contributed by atoms with Crippen LogP contribution in [0.1, 0.15) is 31.1 Å². The van der Waals surface area contributed by atoms with Gasteiger partial charge >= 0.3 is 5.97 Å². The molecule has 0 aliphatic carbocycles. The highest BCUT2D eigenvalue weighted by atomic mass is 16.4. The molecule has 1 aromatic rings. The number of carbonyl (C=O) groups is 1. The maximum atomic E-state index is 10.8. The lowest BCUT2D eigenvalue weighted by Crippen LogP contribution is -2.22. The first kappa shape index (κ1) is 12.4. The normalized spacial score (nSPS) is 12.5. The minimum Gasteiger partial charge on any atom is -0.478 e. The number of hydrogen-bond donors (Lipinski definition) is 3. The SMILES string of the molecule is CC(C)C(C)Nc1cc(C(=O)O)ccc1N. The van der Waals surface area contributed by atoms with Crippen LogP contribution in [0.4, 0.5) is 11.4 Å². The molecule has 0 saturated carbocycles. The zero-order valence-electron chi connectivity index (χ0n) is 9.82. The Morgan fingerprint density at radius 3 is 2.50 bits per heavy atom. The summed E-state index contributed by atoms with van der Waals surface area (Å²) in [6.07, 6.45) is 0. The van der Waals surface area contributed by atoms with Crippen molar-refractivity contribution in [3.8, 4) is 0 Å². The molecule has 0 bridgehead atoms. The second-order valence-electron chi connectivity index (χ2n) is 4.28. The van der Waals surface area contributed by atoms with Gasteiger partial charge in [-0.15, -0.1) is 0 Å². The molecule has 0 aliphatic heterocycles. The smallest absolute Gasteiger partial charge is 0.335 e. The zero-order valence-corrected chi connectivity index (χ0v) is 9.82. The van der Waals surface area contributed by atoms with Gasteiger partial charge in [-0.25, -0.2) is 4.79 Å². The summed E-state index contributed by atoms with van der Waals surface area (Å²) in [6, 6.07) is 4.92. The average Bonchev–Trinajstić information content (AvgIpc) is 2.20. The van der Waals surface area contributed by atoms with Crippen molar-refractivity contribution < 1.29 is 9.90 Å². The standard InChI is InChI=1S/C12H18N2O2/c1-7(2)8(3)14-11-6-9(12(15)16)4-5-10(11)13/h4-8,14H,13H2,1-3H3,(H,15,16). The molecule has 4 nitrogen and oxygen atoms in total. The summed E-state index contributed by atoms with van der Waals surface area (Å²) < 4.78 is 0. The van der Waals surface area contributed by atoms with E-state index in [1.165, 1.54) is 6.07 Å². The Kier molecular flexibility index (Phi) is 3.77. The molecule has 4 N–H and O–H groups in total. The second kappa shape index (κ2) is 4.88. The molecule has 16 heavy (non-hydrogen) atoms. The summed E-state index contributed by atoms with van der Waals surface area (Å²) in [4.78, 5) is 10.8. The summed E-state index contributed by atoms with van der Waals surface area (Å²) in [6.45, 7) is 6.22. The van der Waals surface area contributed by atoms with Gasteiger partial charge in [0.15, 0.2) is 0 Å². The van der Waals surface area contributed by atoms with E-state index in [1.807, 2.05) is 6.92 Å². The van der Waals surface area contributed by atoms with Crippen molar-refractivity contribution in [1.29, 1.82) is 0 Å². The molecule has 1 unspecified atom stereocenters. The first-order chi connectivity index (χ1) is 7.41. The van der Waals surface area contributed by atoms with Crippen LogP contribution in [0.2, 0.25) is 0 Å². The van der Waals surface area contributed by atoms with Crippen LogP contribution in [-0.2, 0) is 0 Å².